The molecule has 1 aliphatic rings. The summed E-state index contributed by atoms with van der Waals surface area (Å²) < 4.78 is 25.8. The molecule has 0 saturated carbocycles. The van der Waals surface area contributed by atoms with Crippen LogP contribution in [-0.4, -0.2) is 34.5 Å². The Kier molecular flexibility index (Phi) is 3.73. The number of rotatable bonds is 3. The summed E-state index contributed by atoms with van der Waals surface area (Å²) in [7, 11) is -2.88. The fourth-order valence-electron chi connectivity index (χ4n) is 3.12. The van der Waals surface area contributed by atoms with E-state index in [9.17, 15) is 8.42 Å². The van der Waals surface area contributed by atoms with Gasteiger partial charge in [0.15, 0.2) is 15.5 Å². The maximum absolute atomic E-state index is 11.8. The highest BCUT2D eigenvalue weighted by atomic mass is 32.2. The number of imidazole rings is 1. The van der Waals surface area contributed by atoms with Crippen molar-refractivity contribution in [2.75, 3.05) is 11.5 Å². The second-order valence-electron chi connectivity index (χ2n) is 6.20. The van der Waals surface area contributed by atoms with Crippen molar-refractivity contribution in [2.45, 2.75) is 39.2 Å². The highest BCUT2D eigenvalue weighted by Crippen LogP contribution is 2.25. The molecule has 1 atom stereocenters. The number of aromatic nitrogens is 3. The average Bonchev–Trinajstić information content (AvgIpc) is 2.77. The van der Waals surface area contributed by atoms with Gasteiger partial charge in [0.05, 0.1) is 11.5 Å². The molecular formula is C15H21N3O2S. The molecule has 0 aliphatic carbocycles. The minimum absolute atomic E-state index is 0.167. The molecule has 0 spiro atoms. The van der Waals surface area contributed by atoms with Gasteiger partial charge in [0.25, 0.3) is 0 Å². The molecule has 0 aromatic carbocycles. The van der Waals surface area contributed by atoms with Gasteiger partial charge in [-0.05, 0) is 30.9 Å². The minimum Gasteiger partial charge on any atom is -0.312 e. The number of fused-ring (bicyclic) bond motifs is 1. The first-order valence-corrected chi connectivity index (χ1v) is 9.30. The number of hydrogen-bond donors (Lipinski definition) is 0. The highest BCUT2D eigenvalue weighted by molar-refractivity contribution is 7.91. The standard InChI is InChI=1S/C15H21N3O2S/c1-11(2)14-17-13-6-3-7-16-15(13)18(14)9-12-5-4-8-21(19,20)10-12/h3,6-7,11-12H,4-5,8-10H2,1-2H3. The van der Waals surface area contributed by atoms with Crippen molar-refractivity contribution in [1.82, 2.24) is 14.5 Å². The first kappa shape index (κ1) is 14.5. The molecule has 0 amide bonds. The van der Waals surface area contributed by atoms with E-state index in [-0.39, 0.29) is 11.7 Å². The van der Waals surface area contributed by atoms with Crippen molar-refractivity contribution < 1.29 is 8.42 Å². The molecule has 1 aliphatic heterocycles. The van der Waals surface area contributed by atoms with E-state index in [2.05, 4.69) is 28.4 Å². The van der Waals surface area contributed by atoms with Gasteiger partial charge in [0.2, 0.25) is 0 Å². The zero-order valence-corrected chi connectivity index (χ0v) is 13.3. The van der Waals surface area contributed by atoms with Crippen LogP contribution >= 0.6 is 0 Å². The number of pyridine rings is 1. The fourth-order valence-corrected chi connectivity index (χ4v) is 4.88. The van der Waals surface area contributed by atoms with Gasteiger partial charge in [-0.25, -0.2) is 18.4 Å². The maximum atomic E-state index is 11.8. The third-order valence-electron chi connectivity index (χ3n) is 4.05. The predicted octanol–water partition coefficient (Wildman–Crippen LogP) is 2.38. The Morgan fingerprint density at radius 2 is 2.24 bits per heavy atom. The minimum atomic E-state index is -2.88. The first-order valence-electron chi connectivity index (χ1n) is 7.48. The van der Waals surface area contributed by atoms with Crippen LogP contribution in [-0.2, 0) is 16.4 Å². The van der Waals surface area contributed by atoms with Crippen LogP contribution < -0.4 is 0 Å². The fraction of sp³-hybridized carbons (Fsp3) is 0.600. The summed E-state index contributed by atoms with van der Waals surface area (Å²) in [6.07, 6.45) is 3.50. The maximum Gasteiger partial charge on any atom is 0.160 e. The first-order chi connectivity index (χ1) is 9.96. The zero-order valence-electron chi connectivity index (χ0n) is 12.5. The van der Waals surface area contributed by atoms with Gasteiger partial charge >= 0.3 is 0 Å². The molecule has 3 heterocycles. The van der Waals surface area contributed by atoms with E-state index in [1.165, 1.54) is 0 Å². The topological polar surface area (TPSA) is 64.8 Å². The normalized spacial score (nSPS) is 22.0. The Labute approximate surface area is 125 Å². The summed E-state index contributed by atoms with van der Waals surface area (Å²) in [4.78, 5) is 9.10. The summed E-state index contributed by atoms with van der Waals surface area (Å²) in [6.45, 7) is 4.91. The van der Waals surface area contributed by atoms with Crippen LogP contribution in [0.4, 0.5) is 0 Å². The number of nitrogens with zero attached hydrogens (tertiary/aromatic N) is 3. The Bertz CT molecular complexity index is 749. The van der Waals surface area contributed by atoms with Gasteiger partial charge in [0.1, 0.15) is 11.3 Å². The van der Waals surface area contributed by atoms with Crippen molar-refractivity contribution in [1.29, 1.82) is 0 Å². The number of sulfone groups is 1. The summed E-state index contributed by atoms with van der Waals surface area (Å²) in [5.41, 5.74) is 1.75. The lowest BCUT2D eigenvalue weighted by atomic mass is 10.1. The van der Waals surface area contributed by atoms with Crippen LogP contribution in [0.15, 0.2) is 18.3 Å². The zero-order chi connectivity index (χ0) is 15.0. The molecule has 114 valence electrons. The molecule has 6 heteroatoms. The van der Waals surface area contributed by atoms with Gasteiger partial charge in [-0.15, -0.1) is 0 Å². The van der Waals surface area contributed by atoms with Crippen molar-refractivity contribution in [3.05, 3.63) is 24.2 Å². The molecule has 1 saturated heterocycles. The highest BCUT2D eigenvalue weighted by Gasteiger charge is 2.26. The van der Waals surface area contributed by atoms with Crippen molar-refractivity contribution in [2.24, 2.45) is 5.92 Å². The Balaban J connectivity index is 1.97. The summed E-state index contributed by atoms with van der Waals surface area (Å²) in [5.74, 6) is 2.08. The van der Waals surface area contributed by atoms with E-state index in [1.807, 2.05) is 12.1 Å². The molecule has 2 aromatic heterocycles. The summed E-state index contributed by atoms with van der Waals surface area (Å²) >= 11 is 0. The van der Waals surface area contributed by atoms with E-state index < -0.39 is 9.84 Å². The van der Waals surface area contributed by atoms with E-state index in [0.29, 0.717) is 18.2 Å². The molecule has 0 bridgehead atoms. The largest absolute Gasteiger partial charge is 0.312 e. The summed E-state index contributed by atoms with van der Waals surface area (Å²) in [6, 6.07) is 3.84. The second-order valence-corrected chi connectivity index (χ2v) is 8.43. The van der Waals surface area contributed by atoms with Gasteiger partial charge in [0, 0.05) is 18.7 Å². The van der Waals surface area contributed by atoms with Crippen molar-refractivity contribution in [3.8, 4) is 0 Å². The Morgan fingerprint density at radius 1 is 1.43 bits per heavy atom. The third kappa shape index (κ3) is 2.95. The smallest absolute Gasteiger partial charge is 0.160 e. The Morgan fingerprint density at radius 3 is 2.95 bits per heavy atom. The molecule has 2 aromatic rings. The number of hydrogen-bond acceptors (Lipinski definition) is 4. The van der Waals surface area contributed by atoms with Gasteiger partial charge < -0.3 is 4.57 Å². The van der Waals surface area contributed by atoms with Gasteiger partial charge in [-0.1, -0.05) is 13.8 Å². The molecule has 21 heavy (non-hydrogen) atoms. The molecular weight excluding hydrogens is 286 g/mol. The molecule has 1 fully saturated rings. The summed E-state index contributed by atoms with van der Waals surface area (Å²) in [5, 5.41) is 0. The SMILES string of the molecule is CC(C)c1nc2cccnc2n1CC1CCCS(=O)(=O)C1. The van der Waals surface area contributed by atoms with Crippen LogP contribution in [0.5, 0.6) is 0 Å². The molecule has 0 radical (unpaired) electrons. The van der Waals surface area contributed by atoms with E-state index in [0.717, 1.165) is 29.8 Å². The van der Waals surface area contributed by atoms with Crippen LogP contribution in [0.25, 0.3) is 11.2 Å². The van der Waals surface area contributed by atoms with Gasteiger partial charge in [-0.2, -0.15) is 0 Å². The quantitative estimate of drug-likeness (QED) is 0.873. The van der Waals surface area contributed by atoms with Crippen molar-refractivity contribution >= 4 is 21.0 Å². The van der Waals surface area contributed by atoms with Gasteiger partial charge in [-0.3, -0.25) is 0 Å². The molecule has 5 nitrogen and oxygen atoms in total. The van der Waals surface area contributed by atoms with E-state index in [1.54, 1.807) is 6.20 Å². The lowest BCUT2D eigenvalue weighted by molar-refractivity contribution is 0.421. The Hall–Kier alpha value is -1.43. The lowest BCUT2D eigenvalue weighted by Crippen LogP contribution is -2.28. The van der Waals surface area contributed by atoms with E-state index >= 15 is 0 Å². The average molecular weight is 307 g/mol. The van der Waals surface area contributed by atoms with Crippen LogP contribution in [0.2, 0.25) is 0 Å². The van der Waals surface area contributed by atoms with Crippen molar-refractivity contribution in [3.63, 3.8) is 0 Å². The molecule has 0 N–H and O–H groups in total. The lowest BCUT2D eigenvalue weighted by Gasteiger charge is -2.23. The molecule has 3 rings (SSSR count). The second kappa shape index (κ2) is 5.40. The predicted molar refractivity (Wildman–Crippen MR) is 83.0 cm³/mol. The monoisotopic (exact) mass is 307 g/mol. The van der Waals surface area contributed by atoms with Crippen LogP contribution in [0.3, 0.4) is 0 Å². The third-order valence-corrected chi connectivity index (χ3v) is 5.94. The molecule has 1 unspecified atom stereocenters. The van der Waals surface area contributed by atoms with E-state index in [4.69, 9.17) is 0 Å². The van der Waals surface area contributed by atoms with Crippen LogP contribution in [0, 0.1) is 5.92 Å². The van der Waals surface area contributed by atoms with Crippen LogP contribution in [0.1, 0.15) is 38.4 Å².